The Morgan fingerprint density at radius 3 is 2.78 bits per heavy atom. The van der Waals surface area contributed by atoms with Gasteiger partial charge in [0.25, 0.3) is 0 Å². The molecule has 0 saturated heterocycles. The highest BCUT2D eigenvalue weighted by Gasteiger charge is 2.14. The van der Waals surface area contributed by atoms with Crippen molar-refractivity contribution in [2.24, 2.45) is 12.1 Å². The van der Waals surface area contributed by atoms with Gasteiger partial charge in [-0.3, -0.25) is 4.79 Å². The average molecular weight is 439 g/mol. The average Bonchev–Trinajstić information content (AvgIpc) is 3.05. The molecule has 118 valence electrons. The van der Waals surface area contributed by atoms with Crippen molar-refractivity contribution in [3.8, 4) is 0 Å². The summed E-state index contributed by atoms with van der Waals surface area (Å²) in [6, 6.07) is 9.35. The van der Waals surface area contributed by atoms with E-state index in [-0.39, 0.29) is 5.76 Å². The molecule has 1 amide bonds. The second-order valence-electron chi connectivity index (χ2n) is 5.07. The molecule has 1 aromatic carbocycles. The number of nitrogens with zero attached hydrogens (tertiary/aromatic N) is 2. The highest BCUT2D eigenvalue weighted by molar-refractivity contribution is 9.11. The molecular formula is C16H13Br2N3O2. The topological polar surface area (TPSA) is 59.5 Å². The lowest BCUT2D eigenvalue weighted by Crippen LogP contribution is -2.17. The monoisotopic (exact) mass is 437 g/mol. The van der Waals surface area contributed by atoms with Crippen LogP contribution < -0.4 is 5.43 Å². The van der Waals surface area contributed by atoms with E-state index in [0.29, 0.717) is 5.58 Å². The smallest absolute Gasteiger partial charge is 0.307 e. The lowest BCUT2D eigenvalue weighted by atomic mass is 10.2. The van der Waals surface area contributed by atoms with Crippen LogP contribution in [0.1, 0.15) is 21.9 Å². The van der Waals surface area contributed by atoms with Crippen molar-refractivity contribution < 1.29 is 9.21 Å². The van der Waals surface area contributed by atoms with E-state index in [1.54, 1.807) is 12.3 Å². The molecule has 0 unspecified atom stereocenters. The summed E-state index contributed by atoms with van der Waals surface area (Å²) in [5.41, 5.74) is 5.12. The third kappa shape index (κ3) is 3.25. The summed E-state index contributed by atoms with van der Waals surface area (Å²) in [4.78, 5) is 12.1. The number of hydrazone groups is 1. The number of hydrogen-bond acceptors (Lipinski definition) is 3. The quantitative estimate of drug-likeness (QED) is 0.487. The lowest BCUT2D eigenvalue weighted by Gasteiger charge is -1.99. The Labute approximate surface area is 149 Å². The Morgan fingerprint density at radius 2 is 2.09 bits per heavy atom. The van der Waals surface area contributed by atoms with E-state index in [4.69, 9.17) is 4.42 Å². The number of furan rings is 1. The molecule has 0 bridgehead atoms. The summed E-state index contributed by atoms with van der Waals surface area (Å²) in [7, 11) is 1.94. The maximum atomic E-state index is 12.1. The van der Waals surface area contributed by atoms with Gasteiger partial charge in [0, 0.05) is 22.6 Å². The maximum absolute atomic E-state index is 12.1. The zero-order valence-electron chi connectivity index (χ0n) is 12.4. The Bertz CT molecular complexity index is 925. The van der Waals surface area contributed by atoms with E-state index in [9.17, 15) is 4.79 Å². The predicted octanol–water partition coefficient (Wildman–Crippen LogP) is 4.37. The molecule has 1 N–H and O–H groups in total. The molecule has 3 rings (SSSR count). The van der Waals surface area contributed by atoms with Crippen molar-refractivity contribution >= 4 is 55.0 Å². The number of aryl methyl sites for hydroxylation is 1. The molecule has 2 aromatic heterocycles. The zero-order chi connectivity index (χ0) is 16.6. The van der Waals surface area contributed by atoms with Gasteiger partial charge < -0.3 is 8.98 Å². The number of amides is 1. The first-order valence-electron chi connectivity index (χ1n) is 6.80. The molecule has 5 nitrogen and oxygen atoms in total. The van der Waals surface area contributed by atoms with Crippen LogP contribution in [0.2, 0.25) is 0 Å². The van der Waals surface area contributed by atoms with Gasteiger partial charge in [-0.25, -0.2) is 5.43 Å². The largest absolute Gasteiger partial charge is 0.450 e. The Balaban J connectivity index is 1.78. The normalized spacial score (nSPS) is 11.5. The van der Waals surface area contributed by atoms with Crippen molar-refractivity contribution in [3.05, 3.63) is 56.4 Å². The fraction of sp³-hybridized carbons (Fsp3) is 0.125. The molecule has 0 fully saturated rings. The van der Waals surface area contributed by atoms with Crippen LogP contribution in [0, 0.1) is 6.92 Å². The number of rotatable bonds is 3. The van der Waals surface area contributed by atoms with Crippen LogP contribution in [0.5, 0.6) is 0 Å². The molecule has 0 aliphatic heterocycles. The van der Waals surface area contributed by atoms with Crippen LogP contribution in [0.15, 0.2) is 48.8 Å². The fourth-order valence-electron chi connectivity index (χ4n) is 2.16. The minimum Gasteiger partial charge on any atom is -0.450 e. The molecule has 0 spiro atoms. The second-order valence-corrected chi connectivity index (χ2v) is 6.84. The van der Waals surface area contributed by atoms with Crippen molar-refractivity contribution in [3.63, 3.8) is 0 Å². The Hall–Kier alpha value is -1.86. The van der Waals surface area contributed by atoms with E-state index < -0.39 is 5.91 Å². The number of aromatic nitrogens is 1. The van der Waals surface area contributed by atoms with Crippen LogP contribution >= 0.6 is 31.9 Å². The molecule has 23 heavy (non-hydrogen) atoms. The fourth-order valence-corrected chi connectivity index (χ4v) is 3.50. The molecule has 0 saturated carbocycles. The van der Waals surface area contributed by atoms with Gasteiger partial charge in [-0.2, -0.15) is 5.10 Å². The second kappa shape index (κ2) is 6.33. The van der Waals surface area contributed by atoms with E-state index in [1.165, 1.54) is 0 Å². The van der Waals surface area contributed by atoms with Gasteiger partial charge in [0.05, 0.1) is 16.4 Å². The SMILES string of the molecule is Cc1ccc(/C=N/NC(=O)c2cc3cc(Br)cc(Br)c3o2)n1C. The van der Waals surface area contributed by atoms with Crippen molar-refractivity contribution in [1.29, 1.82) is 0 Å². The van der Waals surface area contributed by atoms with Gasteiger partial charge in [0.15, 0.2) is 5.76 Å². The molecule has 3 aromatic rings. The summed E-state index contributed by atoms with van der Waals surface area (Å²) < 4.78 is 9.25. The highest BCUT2D eigenvalue weighted by atomic mass is 79.9. The van der Waals surface area contributed by atoms with Crippen molar-refractivity contribution in [2.45, 2.75) is 6.92 Å². The lowest BCUT2D eigenvalue weighted by molar-refractivity contribution is 0.0929. The number of fused-ring (bicyclic) bond motifs is 1. The third-order valence-electron chi connectivity index (χ3n) is 3.53. The summed E-state index contributed by atoms with van der Waals surface area (Å²) in [5, 5.41) is 4.81. The number of carbonyl (C=O) groups excluding carboxylic acids is 1. The minimum atomic E-state index is -0.397. The number of benzene rings is 1. The van der Waals surface area contributed by atoms with Crippen molar-refractivity contribution in [2.75, 3.05) is 0 Å². The standard InChI is InChI=1S/C16H13Br2N3O2/c1-9-3-4-12(21(9)2)8-19-20-16(22)14-6-10-5-11(17)7-13(18)15(10)23-14/h3-8H,1-2H3,(H,20,22)/b19-8+. The Morgan fingerprint density at radius 1 is 1.30 bits per heavy atom. The Kier molecular flexibility index (Phi) is 4.41. The number of hydrogen-bond donors (Lipinski definition) is 1. The van der Waals surface area contributed by atoms with Crippen molar-refractivity contribution in [1.82, 2.24) is 9.99 Å². The first-order chi connectivity index (χ1) is 11.0. The van der Waals surface area contributed by atoms with E-state index in [0.717, 1.165) is 25.7 Å². The van der Waals surface area contributed by atoms with Gasteiger partial charge in [-0.05, 0) is 53.2 Å². The van der Waals surface area contributed by atoms with Gasteiger partial charge >= 0.3 is 5.91 Å². The first kappa shape index (κ1) is 16.0. The molecule has 0 aliphatic rings. The van der Waals surface area contributed by atoms with Crippen LogP contribution in [0.25, 0.3) is 11.0 Å². The number of carbonyl (C=O) groups is 1. The molecule has 2 heterocycles. The summed E-state index contributed by atoms with van der Waals surface area (Å²) in [6.07, 6.45) is 1.60. The first-order valence-corrected chi connectivity index (χ1v) is 8.38. The van der Waals surface area contributed by atoms with Gasteiger partial charge in [0.1, 0.15) is 5.58 Å². The zero-order valence-corrected chi connectivity index (χ0v) is 15.6. The van der Waals surface area contributed by atoms with E-state index >= 15 is 0 Å². The van der Waals surface area contributed by atoms with Crippen LogP contribution in [0.3, 0.4) is 0 Å². The minimum absolute atomic E-state index is 0.207. The molecule has 0 aliphatic carbocycles. The van der Waals surface area contributed by atoms with E-state index in [1.807, 2.05) is 42.8 Å². The van der Waals surface area contributed by atoms with Gasteiger partial charge in [0.2, 0.25) is 0 Å². The van der Waals surface area contributed by atoms with Crippen LogP contribution in [0.4, 0.5) is 0 Å². The van der Waals surface area contributed by atoms with Crippen LogP contribution in [-0.4, -0.2) is 16.7 Å². The van der Waals surface area contributed by atoms with Gasteiger partial charge in [-0.15, -0.1) is 0 Å². The number of nitrogens with one attached hydrogen (secondary N) is 1. The third-order valence-corrected chi connectivity index (χ3v) is 4.58. The molecule has 7 heteroatoms. The maximum Gasteiger partial charge on any atom is 0.307 e. The number of halogens is 2. The predicted molar refractivity (Wildman–Crippen MR) is 96.8 cm³/mol. The molecular weight excluding hydrogens is 426 g/mol. The van der Waals surface area contributed by atoms with E-state index in [2.05, 4.69) is 42.4 Å². The van der Waals surface area contributed by atoms with Crippen LogP contribution in [-0.2, 0) is 7.05 Å². The van der Waals surface area contributed by atoms with Gasteiger partial charge in [-0.1, -0.05) is 15.9 Å². The summed E-state index contributed by atoms with van der Waals surface area (Å²) in [5.74, 6) is -0.189. The molecule has 0 radical (unpaired) electrons. The summed E-state index contributed by atoms with van der Waals surface area (Å²) >= 11 is 6.82. The molecule has 0 atom stereocenters. The summed E-state index contributed by atoms with van der Waals surface area (Å²) in [6.45, 7) is 2.00. The highest BCUT2D eigenvalue weighted by Crippen LogP contribution is 2.30.